The fourth-order valence-corrected chi connectivity index (χ4v) is 0.395. The van der Waals surface area contributed by atoms with E-state index in [0.29, 0.717) is 5.76 Å². The van der Waals surface area contributed by atoms with Crippen LogP contribution in [0.3, 0.4) is 0 Å². The summed E-state index contributed by atoms with van der Waals surface area (Å²) in [5, 5.41) is 9.90. The summed E-state index contributed by atoms with van der Waals surface area (Å²) in [5.41, 5.74) is 0. The smallest absolute Gasteiger partial charge is 0.467 e. The monoisotopic (exact) mass is 98.0 g/mol. The van der Waals surface area contributed by atoms with Crippen LogP contribution in [0, 0.1) is 0 Å². The molecule has 2 nitrogen and oxygen atoms in total. The maximum absolute atomic E-state index is 9.90. The van der Waals surface area contributed by atoms with E-state index in [9.17, 15) is 5.11 Å². The molecule has 0 bridgehead atoms. The van der Waals surface area contributed by atoms with E-state index in [2.05, 4.69) is 4.42 Å². The van der Waals surface area contributed by atoms with Crippen LogP contribution in [0.4, 0.5) is 0 Å². The highest BCUT2D eigenvalue weighted by Crippen LogP contribution is 1.97. The van der Waals surface area contributed by atoms with E-state index < -0.39 is 0 Å². The molecule has 0 saturated heterocycles. The highest BCUT2D eigenvalue weighted by atomic mass is 16.4. The van der Waals surface area contributed by atoms with Crippen LogP contribution in [0.5, 0.6) is 0 Å². The van der Waals surface area contributed by atoms with Crippen molar-refractivity contribution >= 4 is 0 Å². The van der Waals surface area contributed by atoms with E-state index in [1.165, 1.54) is 6.26 Å². The topological polar surface area (TPSA) is 33.0 Å². The molecule has 0 amide bonds. The lowest BCUT2D eigenvalue weighted by Gasteiger charge is -1.76. The van der Waals surface area contributed by atoms with Gasteiger partial charge >= 0.3 is 1.43 Å². The average molecular weight is 98.1 g/mol. The molecule has 1 rings (SSSR count). The molecule has 2 heteroatoms. The maximum Gasteiger partial charge on any atom is 1.00 e. The van der Waals surface area contributed by atoms with Gasteiger partial charge in [-0.25, -0.2) is 5.11 Å². The van der Waals surface area contributed by atoms with E-state index in [-0.39, 0.29) is 8.03 Å². The second kappa shape index (κ2) is 1.80. The molecular formula is C5H6O2+. The molecule has 0 fully saturated rings. The van der Waals surface area contributed by atoms with Gasteiger partial charge in [0.05, 0.1) is 6.26 Å². The molecule has 1 aromatic rings. The first kappa shape index (κ1) is 4.40. The molecule has 0 aliphatic carbocycles. The standard InChI is InChI=1S/C5H5O2/c6-4-5-2-1-3-7-5/h1-3H,4H2/p+1. The highest BCUT2D eigenvalue weighted by molar-refractivity contribution is 4.95. The van der Waals surface area contributed by atoms with Gasteiger partial charge in [-0.05, 0) is 12.1 Å². The minimum absolute atomic E-state index is 0. The molecule has 0 unspecified atom stereocenters. The van der Waals surface area contributed by atoms with Crippen LogP contribution in [0.2, 0.25) is 0 Å². The van der Waals surface area contributed by atoms with Gasteiger partial charge in [0.2, 0.25) is 0 Å². The van der Waals surface area contributed by atoms with Crippen molar-refractivity contribution in [2.75, 3.05) is 0 Å². The molecule has 1 heterocycles. The zero-order valence-corrected chi connectivity index (χ0v) is 3.76. The molecule has 0 N–H and O–H groups in total. The third-order valence-electron chi connectivity index (χ3n) is 0.722. The normalized spacial score (nSPS) is 9.29. The lowest BCUT2D eigenvalue weighted by molar-refractivity contribution is 0.155. The van der Waals surface area contributed by atoms with Crippen LogP contribution in [0.1, 0.15) is 7.19 Å². The average Bonchev–Trinajstić information content (AvgIpc) is 2.14. The number of rotatable bonds is 1. The Hall–Kier alpha value is -0.760. The summed E-state index contributed by atoms with van der Waals surface area (Å²) in [7, 11) is 0. The Kier molecular flexibility index (Phi) is 1.13. The van der Waals surface area contributed by atoms with Crippen molar-refractivity contribution in [3.05, 3.63) is 24.2 Å². The first-order chi connectivity index (χ1) is 3.43. The lowest BCUT2D eigenvalue weighted by atomic mass is 10.5. The van der Waals surface area contributed by atoms with Gasteiger partial charge in [0.25, 0.3) is 0 Å². The third kappa shape index (κ3) is 0.810. The van der Waals surface area contributed by atoms with Gasteiger partial charge in [-0.1, -0.05) is 0 Å². The van der Waals surface area contributed by atoms with Gasteiger partial charge in [0.1, 0.15) is 12.4 Å². The predicted octanol–water partition coefficient (Wildman–Crippen LogP) is 1.32. The quantitative estimate of drug-likeness (QED) is 0.521. The number of furan rings is 1. The summed E-state index contributed by atoms with van der Waals surface area (Å²) in [4.78, 5) is 0. The van der Waals surface area contributed by atoms with E-state index in [1.807, 2.05) is 0 Å². The SMILES string of the molecule is [H+].[O]Cc1ccco1. The Balaban J connectivity index is 0.000000490. The summed E-state index contributed by atoms with van der Waals surface area (Å²) in [5.74, 6) is 0.500. The fraction of sp³-hybridized carbons (Fsp3) is 0.200. The summed E-state index contributed by atoms with van der Waals surface area (Å²) in [6.07, 6.45) is 1.49. The number of hydrogen-bond donors (Lipinski definition) is 0. The van der Waals surface area contributed by atoms with E-state index in [4.69, 9.17) is 0 Å². The van der Waals surface area contributed by atoms with Crippen molar-refractivity contribution < 1.29 is 11.0 Å². The van der Waals surface area contributed by atoms with Gasteiger partial charge in [0.15, 0.2) is 0 Å². The lowest BCUT2D eigenvalue weighted by Crippen LogP contribution is -1.69. The second-order valence-corrected chi connectivity index (χ2v) is 1.22. The van der Waals surface area contributed by atoms with Crippen LogP contribution >= 0.6 is 0 Å². The molecule has 0 saturated carbocycles. The summed E-state index contributed by atoms with van der Waals surface area (Å²) >= 11 is 0. The predicted molar refractivity (Wildman–Crippen MR) is 24.2 cm³/mol. The van der Waals surface area contributed by atoms with Crippen molar-refractivity contribution in [3.8, 4) is 0 Å². The van der Waals surface area contributed by atoms with Gasteiger partial charge in [-0.15, -0.1) is 0 Å². The Morgan fingerprint density at radius 1 is 1.86 bits per heavy atom. The van der Waals surface area contributed by atoms with Crippen molar-refractivity contribution in [2.24, 2.45) is 0 Å². The van der Waals surface area contributed by atoms with Gasteiger partial charge < -0.3 is 4.42 Å². The Morgan fingerprint density at radius 2 is 2.71 bits per heavy atom. The van der Waals surface area contributed by atoms with E-state index >= 15 is 0 Å². The Bertz CT molecular complexity index is 125. The minimum Gasteiger partial charge on any atom is -0.467 e. The highest BCUT2D eigenvalue weighted by Gasteiger charge is 1.87. The molecule has 37 valence electrons. The van der Waals surface area contributed by atoms with Crippen LogP contribution < -0.4 is 0 Å². The maximum atomic E-state index is 9.90. The molecule has 0 atom stereocenters. The van der Waals surface area contributed by atoms with Crippen LogP contribution in [0.15, 0.2) is 22.8 Å². The largest absolute Gasteiger partial charge is 1.00 e. The van der Waals surface area contributed by atoms with Crippen molar-refractivity contribution in [1.82, 2.24) is 0 Å². The second-order valence-electron chi connectivity index (χ2n) is 1.22. The molecule has 1 aromatic heterocycles. The van der Waals surface area contributed by atoms with Crippen LogP contribution in [-0.4, -0.2) is 0 Å². The first-order valence-corrected chi connectivity index (χ1v) is 2.04. The molecular weight excluding hydrogens is 92.1 g/mol. The molecule has 0 aromatic carbocycles. The van der Waals surface area contributed by atoms with Gasteiger partial charge in [0, 0.05) is 0 Å². The van der Waals surface area contributed by atoms with E-state index in [0.717, 1.165) is 0 Å². The van der Waals surface area contributed by atoms with Crippen molar-refractivity contribution in [3.63, 3.8) is 0 Å². The summed E-state index contributed by atoms with van der Waals surface area (Å²) in [6.45, 7) is -0.257. The van der Waals surface area contributed by atoms with Gasteiger partial charge in [-0.3, -0.25) is 0 Å². The third-order valence-corrected chi connectivity index (χ3v) is 0.722. The first-order valence-electron chi connectivity index (χ1n) is 2.04. The zero-order valence-electron chi connectivity index (χ0n) is 4.76. The summed E-state index contributed by atoms with van der Waals surface area (Å²) < 4.78 is 4.67. The van der Waals surface area contributed by atoms with E-state index in [1.54, 1.807) is 12.1 Å². The Morgan fingerprint density at radius 3 is 3.00 bits per heavy atom. The minimum atomic E-state index is -0.257. The zero-order chi connectivity index (χ0) is 5.11. The molecule has 7 heavy (non-hydrogen) atoms. The number of hydrogen-bond acceptors (Lipinski definition) is 1. The Labute approximate surface area is 42.9 Å². The molecule has 0 aliphatic heterocycles. The van der Waals surface area contributed by atoms with Gasteiger partial charge in [-0.2, -0.15) is 0 Å². The molecule has 0 spiro atoms. The van der Waals surface area contributed by atoms with Crippen LogP contribution in [0.25, 0.3) is 0 Å². The van der Waals surface area contributed by atoms with Crippen molar-refractivity contribution in [2.45, 2.75) is 6.61 Å². The fourth-order valence-electron chi connectivity index (χ4n) is 0.395. The summed E-state index contributed by atoms with van der Waals surface area (Å²) in [6, 6.07) is 3.36. The van der Waals surface area contributed by atoms with Crippen LogP contribution in [-0.2, 0) is 11.7 Å². The van der Waals surface area contributed by atoms with Crippen molar-refractivity contribution in [1.29, 1.82) is 0 Å². The molecule has 0 aliphatic rings. The molecule has 1 radical (unpaired) electrons.